The lowest BCUT2D eigenvalue weighted by Crippen LogP contribution is -2.08. The van der Waals surface area contributed by atoms with E-state index in [1.54, 1.807) is 6.20 Å². The zero-order valence-corrected chi connectivity index (χ0v) is 19.1. The van der Waals surface area contributed by atoms with Gasteiger partial charge < -0.3 is 33.8 Å². The van der Waals surface area contributed by atoms with Crippen LogP contribution in [0.5, 0.6) is 11.9 Å². The molecule has 0 saturated heterocycles. The summed E-state index contributed by atoms with van der Waals surface area (Å²) in [5, 5.41) is 4.06. The van der Waals surface area contributed by atoms with E-state index in [2.05, 4.69) is 28.2 Å². The highest BCUT2D eigenvalue weighted by Gasteiger charge is 2.40. The first-order valence-corrected chi connectivity index (χ1v) is 12.7. The van der Waals surface area contributed by atoms with Crippen LogP contribution in [-0.2, 0) is 38.3 Å². The summed E-state index contributed by atoms with van der Waals surface area (Å²) in [6, 6.07) is 0.123. The van der Waals surface area contributed by atoms with E-state index in [1.807, 2.05) is 0 Å². The molecular formula is C12H19N4O13P3. The van der Waals surface area contributed by atoms with Gasteiger partial charge in [-0.25, -0.2) is 23.4 Å². The van der Waals surface area contributed by atoms with Crippen molar-refractivity contribution in [1.82, 2.24) is 19.7 Å². The van der Waals surface area contributed by atoms with Crippen molar-refractivity contribution in [2.75, 3.05) is 27.4 Å². The van der Waals surface area contributed by atoms with Gasteiger partial charge in [-0.05, 0) is 0 Å². The lowest BCUT2D eigenvalue weighted by atomic mass is 10.2. The number of hydrogen-bond donors (Lipinski definition) is 4. The second-order valence-corrected chi connectivity index (χ2v) is 9.93. The minimum absolute atomic E-state index is 0.112. The summed E-state index contributed by atoms with van der Waals surface area (Å²) in [6.07, 6.45) is 4.55. The van der Waals surface area contributed by atoms with E-state index in [-0.39, 0.29) is 25.2 Å². The number of ether oxygens (including phenoxy) is 3. The fourth-order valence-electron chi connectivity index (χ4n) is 2.05. The van der Waals surface area contributed by atoms with Crippen molar-refractivity contribution < 1.29 is 60.6 Å². The molecular weight excluding hydrogens is 501 g/mol. The molecule has 2 atom stereocenters. The minimum atomic E-state index is -5.56. The molecule has 0 spiro atoms. The summed E-state index contributed by atoms with van der Waals surface area (Å²) in [5.41, 5.74) is 1.13. The van der Waals surface area contributed by atoms with Crippen molar-refractivity contribution in [3.8, 4) is 23.0 Å². The van der Waals surface area contributed by atoms with Crippen LogP contribution in [0.4, 0.5) is 0 Å². The molecule has 180 valence electrons. The molecule has 0 fully saturated rings. The second-order valence-electron chi connectivity index (χ2n) is 5.51. The van der Waals surface area contributed by atoms with Crippen LogP contribution in [0.25, 0.3) is 11.1 Å². The maximum Gasteiger partial charge on any atom is 0.490 e. The average molecular weight is 520 g/mol. The summed E-state index contributed by atoms with van der Waals surface area (Å²) in [5.74, 6) is 0.258. The summed E-state index contributed by atoms with van der Waals surface area (Å²) in [7, 11) is -13.4. The molecule has 2 unspecified atom stereocenters. The number of phosphoric acid groups is 3. The third-order valence-electron chi connectivity index (χ3n) is 3.17. The smallest absolute Gasteiger partial charge is 0.480 e. The van der Waals surface area contributed by atoms with Gasteiger partial charge in [0.25, 0.3) is 0 Å². The number of hydrogen-bond acceptors (Lipinski definition) is 12. The fraction of sp³-hybridized carbons (Fsp3) is 0.417. The van der Waals surface area contributed by atoms with Crippen molar-refractivity contribution in [3.63, 3.8) is 0 Å². The van der Waals surface area contributed by atoms with Crippen LogP contribution in [0.15, 0.2) is 18.6 Å². The molecule has 2 rings (SSSR count). The third-order valence-corrected chi connectivity index (χ3v) is 7.01. The Morgan fingerprint density at radius 3 is 2.31 bits per heavy atom. The molecule has 0 bridgehead atoms. The van der Waals surface area contributed by atoms with Crippen LogP contribution in [0.3, 0.4) is 0 Å². The first-order valence-electron chi connectivity index (χ1n) is 8.18. The minimum Gasteiger partial charge on any atom is -0.480 e. The largest absolute Gasteiger partial charge is 0.490 e. The Morgan fingerprint density at radius 2 is 1.69 bits per heavy atom. The van der Waals surface area contributed by atoms with Gasteiger partial charge in [-0.3, -0.25) is 4.52 Å². The monoisotopic (exact) mass is 520 g/mol. The van der Waals surface area contributed by atoms with Crippen molar-refractivity contribution >= 4 is 23.5 Å². The average Bonchev–Trinajstić information content (AvgIpc) is 3.12. The molecule has 0 radical (unpaired) electrons. The lowest BCUT2D eigenvalue weighted by molar-refractivity contribution is 0.0398. The van der Waals surface area contributed by atoms with Gasteiger partial charge in [-0.1, -0.05) is 0 Å². The van der Waals surface area contributed by atoms with Crippen LogP contribution in [0, 0.1) is 0 Å². The maximum absolute atomic E-state index is 11.6. The molecule has 0 amide bonds. The van der Waals surface area contributed by atoms with E-state index >= 15 is 0 Å². The van der Waals surface area contributed by atoms with Gasteiger partial charge in [0, 0.05) is 18.0 Å². The van der Waals surface area contributed by atoms with E-state index in [9.17, 15) is 18.6 Å². The van der Waals surface area contributed by atoms with Crippen molar-refractivity contribution in [2.45, 2.75) is 6.73 Å². The van der Waals surface area contributed by atoms with E-state index in [4.69, 9.17) is 28.9 Å². The molecule has 0 aromatic carbocycles. The zero-order chi connectivity index (χ0) is 24.0. The zero-order valence-electron chi connectivity index (χ0n) is 16.4. The summed E-state index contributed by atoms with van der Waals surface area (Å²) >= 11 is 0. The SMILES string of the molecule is COc1ncc(-c2cnn(COCCOP(=O)(O)OP(=O)(O)OP(=O)(O)O)c2)c(OC)n1. The van der Waals surface area contributed by atoms with Crippen molar-refractivity contribution in [1.29, 1.82) is 0 Å². The number of rotatable bonds is 13. The Kier molecular flexibility index (Phi) is 9.05. The van der Waals surface area contributed by atoms with E-state index in [0.717, 1.165) is 0 Å². The standard InChI is InChI=1S/C12H19N4O13P3/c1-24-11-10(6-13-12(15-11)25-2)9-5-14-16(7-9)8-26-3-4-27-31(20,21)29-32(22,23)28-30(17,18)19/h5-7H,3-4,8H2,1-2H3,(H,20,21)(H,22,23)(H2,17,18,19). The highest BCUT2D eigenvalue weighted by molar-refractivity contribution is 7.66. The van der Waals surface area contributed by atoms with Gasteiger partial charge in [0.05, 0.1) is 39.2 Å². The molecule has 0 aliphatic carbocycles. The molecule has 32 heavy (non-hydrogen) atoms. The molecule has 2 heterocycles. The van der Waals surface area contributed by atoms with Gasteiger partial charge in [0.15, 0.2) is 0 Å². The topological polar surface area (TPSA) is 231 Å². The van der Waals surface area contributed by atoms with Crippen LogP contribution in [0.1, 0.15) is 0 Å². The van der Waals surface area contributed by atoms with Gasteiger partial charge in [0.1, 0.15) is 6.73 Å². The summed E-state index contributed by atoms with van der Waals surface area (Å²) in [6.45, 7) is -0.982. The molecule has 2 aromatic heterocycles. The molecule has 4 N–H and O–H groups in total. The molecule has 0 aliphatic heterocycles. The van der Waals surface area contributed by atoms with Gasteiger partial charge in [-0.2, -0.15) is 18.7 Å². The maximum atomic E-state index is 11.6. The highest BCUT2D eigenvalue weighted by atomic mass is 31.3. The normalized spacial score (nSPS) is 15.7. The van der Waals surface area contributed by atoms with Crippen molar-refractivity contribution in [3.05, 3.63) is 18.6 Å². The fourth-order valence-corrected chi connectivity index (χ4v) is 5.05. The molecule has 20 heteroatoms. The van der Waals surface area contributed by atoms with Crippen LogP contribution < -0.4 is 9.47 Å². The van der Waals surface area contributed by atoms with Gasteiger partial charge in [-0.15, -0.1) is 0 Å². The quantitative estimate of drug-likeness (QED) is 0.210. The Morgan fingerprint density at radius 1 is 0.969 bits per heavy atom. The van der Waals surface area contributed by atoms with Crippen molar-refractivity contribution in [2.24, 2.45) is 0 Å². The van der Waals surface area contributed by atoms with E-state index in [1.165, 1.54) is 31.3 Å². The first kappa shape index (κ1) is 26.5. The molecule has 0 saturated carbocycles. The Bertz CT molecular complexity index is 1060. The van der Waals surface area contributed by atoms with Crippen LogP contribution in [-0.4, -0.2) is 66.8 Å². The molecule has 2 aromatic rings. The van der Waals surface area contributed by atoms with Gasteiger partial charge >= 0.3 is 29.5 Å². The number of phosphoric ester groups is 1. The molecule has 0 aliphatic rings. The Hall–Kier alpha value is -1.74. The predicted molar refractivity (Wildman–Crippen MR) is 102 cm³/mol. The summed E-state index contributed by atoms with van der Waals surface area (Å²) < 4.78 is 61.5. The number of nitrogens with zero attached hydrogens (tertiary/aromatic N) is 4. The second kappa shape index (κ2) is 10.9. The summed E-state index contributed by atoms with van der Waals surface area (Å²) in [4.78, 5) is 43.3. The Balaban J connectivity index is 1.83. The highest BCUT2D eigenvalue weighted by Crippen LogP contribution is 2.66. The lowest BCUT2D eigenvalue weighted by Gasteiger charge is -2.16. The predicted octanol–water partition coefficient (Wildman–Crippen LogP) is 0.675. The number of methoxy groups -OCH3 is 2. The third kappa shape index (κ3) is 8.65. The van der Waals surface area contributed by atoms with E-state index < -0.39 is 30.1 Å². The van der Waals surface area contributed by atoms with Crippen LogP contribution >= 0.6 is 23.5 Å². The number of aromatic nitrogens is 4. The Labute approximate surface area is 180 Å². The first-order chi connectivity index (χ1) is 14.8. The van der Waals surface area contributed by atoms with Gasteiger partial charge in [0.2, 0.25) is 5.88 Å². The van der Waals surface area contributed by atoms with Crippen LogP contribution in [0.2, 0.25) is 0 Å². The van der Waals surface area contributed by atoms with E-state index in [0.29, 0.717) is 11.1 Å². The molecule has 17 nitrogen and oxygen atoms in total.